The number of nitrogens with zero attached hydrogens (tertiary/aromatic N) is 1. The van der Waals surface area contributed by atoms with Gasteiger partial charge in [-0.05, 0) is 25.2 Å². The first kappa shape index (κ1) is 12.5. The highest BCUT2D eigenvalue weighted by molar-refractivity contribution is 7.12. The number of aromatic nitrogens is 1. The van der Waals surface area contributed by atoms with Crippen LogP contribution in [-0.4, -0.2) is 11.0 Å². The summed E-state index contributed by atoms with van der Waals surface area (Å²) in [5.41, 5.74) is 2.47. The van der Waals surface area contributed by atoms with Crippen LogP contribution in [0.15, 0.2) is 30.3 Å². The monoisotopic (exact) mass is 284 g/mol. The van der Waals surface area contributed by atoms with Crippen LogP contribution in [0, 0.1) is 5.92 Å². The smallest absolute Gasteiger partial charge is 0.0969 e. The average Bonchev–Trinajstić information content (AvgIpc) is 3.39. The van der Waals surface area contributed by atoms with Crippen molar-refractivity contribution < 1.29 is 0 Å². The fourth-order valence-electron chi connectivity index (χ4n) is 2.66. The first-order valence-electron chi connectivity index (χ1n) is 7.59. The molecule has 0 saturated heterocycles. The Morgan fingerprint density at radius 1 is 1.25 bits per heavy atom. The van der Waals surface area contributed by atoms with E-state index >= 15 is 0 Å². The minimum Gasteiger partial charge on any atom is -0.309 e. The van der Waals surface area contributed by atoms with E-state index in [-0.39, 0.29) is 0 Å². The molecule has 2 aromatic rings. The molecule has 0 spiro atoms. The van der Waals surface area contributed by atoms with E-state index in [4.69, 9.17) is 4.98 Å². The highest BCUT2D eigenvalue weighted by atomic mass is 32.1. The van der Waals surface area contributed by atoms with Gasteiger partial charge in [0.15, 0.2) is 0 Å². The van der Waals surface area contributed by atoms with E-state index in [1.807, 2.05) is 11.3 Å². The second-order valence-electron chi connectivity index (χ2n) is 6.16. The normalized spacial score (nSPS) is 24.9. The lowest BCUT2D eigenvalue weighted by atomic mass is 10.1. The van der Waals surface area contributed by atoms with Crippen molar-refractivity contribution in [3.05, 3.63) is 40.2 Å². The highest BCUT2D eigenvalue weighted by Gasteiger charge is 2.37. The lowest BCUT2D eigenvalue weighted by Crippen LogP contribution is -2.14. The van der Waals surface area contributed by atoms with Crippen LogP contribution in [0.2, 0.25) is 0 Å². The summed E-state index contributed by atoms with van der Waals surface area (Å²) >= 11 is 1.92. The quantitative estimate of drug-likeness (QED) is 0.890. The zero-order chi connectivity index (χ0) is 13.5. The van der Waals surface area contributed by atoms with Crippen LogP contribution >= 0.6 is 11.3 Å². The van der Waals surface area contributed by atoms with Crippen LogP contribution in [0.3, 0.4) is 0 Å². The SMILES string of the molecule is CC1CC1c1nc(-c2ccccc2)c(CNC2CC2)s1. The Morgan fingerprint density at radius 2 is 2.00 bits per heavy atom. The fourth-order valence-corrected chi connectivity index (χ4v) is 3.95. The van der Waals surface area contributed by atoms with E-state index in [1.165, 1.54) is 40.4 Å². The van der Waals surface area contributed by atoms with Gasteiger partial charge in [-0.3, -0.25) is 0 Å². The van der Waals surface area contributed by atoms with Gasteiger partial charge in [0.05, 0.1) is 10.7 Å². The van der Waals surface area contributed by atoms with Gasteiger partial charge in [-0.15, -0.1) is 11.3 Å². The largest absolute Gasteiger partial charge is 0.309 e. The molecule has 1 N–H and O–H groups in total. The number of thiazole rings is 1. The standard InChI is InChI=1S/C17H20N2S/c1-11-9-14(11)17-19-16(12-5-3-2-4-6-12)15(20-17)10-18-13-7-8-13/h2-6,11,13-14,18H,7-10H2,1H3. The Hall–Kier alpha value is -1.19. The molecule has 1 heterocycles. The summed E-state index contributed by atoms with van der Waals surface area (Å²) in [6.07, 6.45) is 4.00. The first-order valence-corrected chi connectivity index (χ1v) is 8.41. The van der Waals surface area contributed by atoms with Crippen LogP contribution < -0.4 is 5.32 Å². The molecular formula is C17H20N2S. The zero-order valence-electron chi connectivity index (χ0n) is 11.8. The zero-order valence-corrected chi connectivity index (χ0v) is 12.6. The molecule has 3 heteroatoms. The number of hydrogen-bond acceptors (Lipinski definition) is 3. The summed E-state index contributed by atoms with van der Waals surface area (Å²) in [6, 6.07) is 11.4. The second-order valence-corrected chi connectivity index (χ2v) is 7.28. The summed E-state index contributed by atoms with van der Waals surface area (Å²) in [5, 5.41) is 4.99. The van der Waals surface area contributed by atoms with Gasteiger partial charge in [0.1, 0.15) is 0 Å². The van der Waals surface area contributed by atoms with Crippen LogP contribution in [-0.2, 0) is 6.54 Å². The van der Waals surface area contributed by atoms with Crippen LogP contribution in [0.5, 0.6) is 0 Å². The Kier molecular flexibility index (Phi) is 3.12. The molecule has 0 radical (unpaired) electrons. The van der Waals surface area contributed by atoms with Crippen molar-refractivity contribution in [3.8, 4) is 11.3 Å². The average molecular weight is 284 g/mol. The molecule has 1 aromatic carbocycles. The van der Waals surface area contributed by atoms with E-state index in [0.29, 0.717) is 0 Å². The molecule has 2 fully saturated rings. The third-order valence-electron chi connectivity index (χ3n) is 4.32. The molecule has 0 bridgehead atoms. The predicted octanol–water partition coefficient (Wildman–Crippen LogP) is 4.19. The summed E-state index contributed by atoms with van der Waals surface area (Å²) in [5.74, 6) is 1.55. The van der Waals surface area contributed by atoms with E-state index in [0.717, 1.165) is 24.4 Å². The van der Waals surface area contributed by atoms with Gasteiger partial charge in [0, 0.05) is 28.9 Å². The van der Waals surface area contributed by atoms with E-state index in [9.17, 15) is 0 Å². The predicted molar refractivity (Wildman–Crippen MR) is 83.9 cm³/mol. The van der Waals surface area contributed by atoms with Crippen molar-refractivity contribution in [2.75, 3.05) is 0 Å². The van der Waals surface area contributed by atoms with Gasteiger partial charge in [-0.25, -0.2) is 4.98 Å². The van der Waals surface area contributed by atoms with E-state index in [2.05, 4.69) is 42.6 Å². The van der Waals surface area contributed by atoms with Gasteiger partial charge in [0.25, 0.3) is 0 Å². The van der Waals surface area contributed by atoms with Crippen molar-refractivity contribution in [2.45, 2.75) is 44.7 Å². The molecule has 104 valence electrons. The Morgan fingerprint density at radius 3 is 2.65 bits per heavy atom. The highest BCUT2D eigenvalue weighted by Crippen LogP contribution is 2.49. The van der Waals surface area contributed by atoms with Crippen molar-refractivity contribution in [1.82, 2.24) is 10.3 Å². The molecule has 2 nitrogen and oxygen atoms in total. The summed E-state index contributed by atoms with van der Waals surface area (Å²) < 4.78 is 0. The molecule has 20 heavy (non-hydrogen) atoms. The Balaban J connectivity index is 1.64. The molecule has 4 rings (SSSR count). The van der Waals surface area contributed by atoms with Gasteiger partial charge < -0.3 is 5.32 Å². The molecular weight excluding hydrogens is 264 g/mol. The van der Waals surface area contributed by atoms with E-state index < -0.39 is 0 Å². The van der Waals surface area contributed by atoms with Gasteiger partial charge in [0.2, 0.25) is 0 Å². The first-order chi connectivity index (χ1) is 9.81. The topological polar surface area (TPSA) is 24.9 Å². The van der Waals surface area contributed by atoms with Crippen molar-refractivity contribution in [3.63, 3.8) is 0 Å². The molecule has 0 amide bonds. The maximum Gasteiger partial charge on any atom is 0.0969 e. The van der Waals surface area contributed by atoms with Gasteiger partial charge >= 0.3 is 0 Å². The fraction of sp³-hybridized carbons (Fsp3) is 0.471. The summed E-state index contributed by atoms with van der Waals surface area (Å²) in [7, 11) is 0. The Labute approximate surface area is 124 Å². The molecule has 2 aliphatic rings. The molecule has 1 aromatic heterocycles. The lowest BCUT2D eigenvalue weighted by molar-refractivity contribution is 0.695. The minimum absolute atomic E-state index is 0.720. The van der Waals surface area contributed by atoms with Crippen LogP contribution in [0.4, 0.5) is 0 Å². The van der Waals surface area contributed by atoms with Gasteiger partial charge in [-0.1, -0.05) is 37.3 Å². The molecule has 2 aliphatic carbocycles. The van der Waals surface area contributed by atoms with Gasteiger partial charge in [-0.2, -0.15) is 0 Å². The molecule has 2 atom stereocenters. The second kappa shape index (κ2) is 4.97. The van der Waals surface area contributed by atoms with E-state index in [1.54, 1.807) is 0 Å². The third-order valence-corrected chi connectivity index (χ3v) is 5.50. The van der Waals surface area contributed by atoms with Crippen LogP contribution in [0.25, 0.3) is 11.3 Å². The Bertz CT molecular complexity index is 601. The molecule has 2 saturated carbocycles. The number of rotatable bonds is 5. The minimum atomic E-state index is 0.720. The lowest BCUT2D eigenvalue weighted by Gasteiger charge is -2.03. The summed E-state index contributed by atoms with van der Waals surface area (Å²) in [4.78, 5) is 6.38. The number of nitrogens with one attached hydrogen (secondary N) is 1. The number of hydrogen-bond donors (Lipinski definition) is 1. The van der Waals surface area contributed by atoms with Crippen molar-refractivity contribution in [1.29, 1.82) is 0 Å². The maximum absolute atomic E-state index is 4.97. The van der Waals surface area contributed by atoms with Crippen LogP contribution in [0.1, 0.15) is 42.0 Å². The summed E-state index contributed by atoms with van der Waals surface area (Å²) in [6.45, 7) is 3.31. The van der Waals surface area contributed by atoms with Crippen molar-refractivity contribution >= 4 is 11.3 Å². The maximum atomic E-state index is 4.97. The molecule has 2 unspecified atom stereocenters. The third kappa shape index (κ3) is 2.52. The van der Waals surface area contributed by atoms with Crippen molar-refractivity contribution in [2.24, 2.45) is 5.92 Å². The molecule has 0 aliphatic heterocycles. The number of benzene rings is 1.